The average molecular weight is 806 g/mol. The molecular formula is C57H35N5O. The third-order valence-corrected chi connectivity index (χ3v) is 12.4. The van der Waals surface area contributed by atoms with E-state index in [2.05, 4.69) is 190 Å². The highest BCUT2D eigenvalue weighted by Gasteiger charge is 2.19. The monoisotopic (exact) mass is 805 g/mol. The molecule has 0 amide bonds. The van der Waals surface area contributed by atoms with Gasteiger partial charge in [-0.2, -0.15) is 0 Å². The van der Waals surface area contributed by atoms with Crippen molar-refractivity contribution in [3.63, 3.8) is 0 Å². The van der Waals surface area contributed by atoms with E-state index in [9.17, 15) is 0 Å². The van der Waals surface area contributed by atoms with Gasteiger partial charge in [0.25, 0.3) is 0 Å². The fourth-order valence-electron chi connectivity index (χ4n) is 9.45. The second-order valence-corrected chi connectivity index (χ2v) is 16.0. The summed E-state index contributed by atoms with van der Waals surface area (Å²) in [5.41, 5.74) is 16.2. The van der Waals surface area contributed by atoms with Crippen LogP contribution in [-0.2, 0) is 0 Å². The summed E-state index contributed by atoms with van der Waals surface area (Å²) in [6.45, 7) is 0. The lowest BCUT2D eigenvalue weighted by molar-refractivity contribution is 0.668. The second kappa shape index (κ2) is 14.0. The van der Waals surface area contributed by atoms with E-state index in [1.165, 1.54) is 21.5 Å². The second-order valence-electron chi connectivity index (χ2n) is 16.0. The van der Waals surface area contributed by atoms with E-state index in [1.807, 2.05) is 30.3 Å². The fraction of sp³-hybridized carbons (Fsp3) is 0. The molecule has 63 heavy (non-hydrogen) atoms. The highest BCUT2D eigenvalue weighted by Crippen LogP contribution is 2.40. The van der Waals surface area contributed by atoms with Crippen LogP contribution in [0.5, 0.6) is 0 Å². The first-order chi connectivity index (χ1) is 31.2. The predicted molar refractivity (Wildman–Crippen MR) is 258 cm³/mol. The molecule has 13 rings (SSSR count). The van der Waals surface area contributed by atoms with Crippen LogP contribution in [0, 0.1) is 0 Å². The topological polar surface area (TPSA) is 61.7 Å². The number of benzene rings is 7. The van der Waals surface area contributed by atoms with E-state index in [0.717, 1.165) is 101 Å². The van der Waals surface area contributed by atoms with Crippen LogP contribution in [0.4, 0.5) is 0 Å². The molecule has 6 heterocycles. The summed E-state index contributed by atoms with van der Waals surface area (Å²) in [4.78, 5) is 15.1. The Morgan fingerprint density at radius 3 is 1.73 bits per heavy atom. The van der Waals surface area contributed by atoms with Crippen molar-refractivity contribution in [1.29, 1.82) is 0 Å². The number of aromatic nitrogens is 5. The highest BCUT2D eigenvalue weighted by atomic mass is 16.3. The molecule has 0 bridgehead atoms. The summed E-state index contributed by atoms with van der Waals surface area (Å²) in [5, 5.41) is 5.73. The third-order valence-electron chi connectivity index (χ3n) is 12.4. The maximum atomic E-state index is 6.08. The molecule has 294 valence electrons. The van der Waals surface area contributed by atoms with Gasteiger partial charge in [-0.3, -0.25) is 9.55 Å². The van der Waals surface area contributed by atoms with Crippen molar-refractivity contribution in [3.05, 3.63) is 212 Å². The molecular weight excluding hydrogens is 771 g/mol. The number of para-hydroxylation sites is 2. The van der Waals surface area contributed by atoms with Gasteiger partial charge in [-0.1, -0.05) is 121 Å². The largest absolute Gasteiger partial charge is 0.454 e. The first-order valence-corrected chi connectivity index (χ1v) is 21.2. The molecule has 6 nitrogen and oxygen atoms in total. The van der Waals surface area contributed by atoms with Crippen LogP contribution in [0.15, 0.2) is 217 Å². The molecule has 0 saturated carbocycles. The number of hydrogen-bond donors (Lipinski definition) is 0. The van der Waals surface area contributed by atoms with E-state index in [1.54, 1.807) is 6.20 Å². The molecule has 6 heteroatoms. The van der Waals surface area contributed by atoms with Gasteiger partial charge in [0.1, 0.15) is 16.9 Å². The summed E-state index contributed by atoms with van der Waals surface area (Å²) in [6.07, 6.45) is 1.81. The molecule has 0 fully saturated rings. The van der Waals surface area contributed by atoms with Crippen molar-refractivity contribution < 1.29 is 4.42 Å². The molecule has 0 radical (unpaired) electrons. The molecule has 0 spiro atoms. The van der Waals surface area contributed by atoms with Gasteiger partial charge in [0.05, 0.1) is 44.8 Å². The zero-order valence-corrected chi connectivity index (χ0v) is 33.9. The molecule has 0 N–H and O–H groups in total. The zero-order chi connectivity index (χ0) is 41.4. The molecule has 6 aromatic heterocycles. The fourth-order valence-corrected chi connectivity index (χ4v) is 9.45. The number of pyridine rings is 3. The van der Waals surface area contributed by atoms with Gasteiger partial charge in [-0.05, 0) is 96.1 Å². The van der Waals surface area contributed by atoms with Crippen LogP contribution in [-0.4, -0.2) is 24.1 Å². The van der Waals surface area contributed by atoms with Crippen molar-refractivity contribution in [2.45, 2.75) is 0 Å². The number of rotatable bonds is 6. The normalized spacial score (nSPS) is 11.8. The molecule has 0 aliphatic rings. The molecule has 0 aliphatic carbocycles. The van der Waals surface area contributed by atoms with Crippen LogP contribution in [0.3, 0.4) is 0 Å². The van der Waals surface area contributed by atoms with Crippen LogP contribution in [0.2, 0.25) is 0 Å². The van der Waals surface area contributed by atoms with Gasteiger partial charge in [0.2, 0.25) is 0 Å². The van der Waals surface area contributed by atoms with E-state index in [0.29, 0.717) is 0 Å². The molecule has 13 aromatic rings. The minimum atomic E-state index is 0.779. The van der Waals surface area contributed by atoms with Crippen LogP contribution in [0.1, 0.15) is 0 Å². The lowest BCUT2D eigenvalue weighted by Gasteiger charge is -2.13. The number of fused-ring (bicyclic) bond motifs is 9. The van der Waals surface area contributed by atoms with Gasteiger partial charge < -0.3 is 8.98 Å². The summed E-state index contributed by atoms with van der Waals surface area (Å²) >= 11 is 0. The van der Waals surface area contributed by atoms with Gasteiger partial charge >= 0.3 is 0 Å². The minimum absolute atomic E-state index is 0.779. The highest BCUT2D eigenvalue weighted by molar-refractivity contribution is 6.12. The molecule has 0 unspecified atom stereocenters. The smallest absolute Gasteiger partial charge is 0.153 e. The van der Waals surface area contributed by atoms with Gasteiger partial charge in [0.15, 0.2) is 5.58 Å². The minimum Gasteiger partial charge on any atom is -0.454 e. The van der Waals surface area contributed by atoms with Crippen molar-refractivity contribution in [2.24, 2.45) is 0 Å². The number of hydrogen-bond acceptors (Lipinski definition) is 4. The molecule has 0 atom stereocenters. The maximum absolute atomic E-state index is 6.08. The third kappa shape index (κ3) is 5.69. The molecule has 0 aliphatic heterocycles. The number of nitrogens with zero attached hydrogens (tertiary/aromatic N) is 5. The maximum Gasteiger partial charge on any atom is 0.153 e. The Kier molecular flexibility index (Phi) is 7.80. The summed E-state index contributed by atoms with van der Waals surface area (Å²) in [7, 11) is 0. The average Bonchev–Trinajstić information content (AvgIpc) is 4.01. The number of furan rings is 1. The van der Waals surface area contributed by atoms with Crippen molar-refractivity contribution >= 4 is 65.7 Å². The lowest BCUT2D eigenvalue weighted by Crippen LogP contribution is -1.98. The van der Waals surface area contributed by atoms with Crippen molar-refractivity contribution in [3.8, 4) is 56.4 Å². The van der Waals surface area contributed by atoms with Crippen LogP contribution < -0.4 is 0 Å². The Bertz CT molecular complexity index is 3860. The SMILES string of the molecule is c1ccc(-c2cc(-n3c4ccccc4c4cc(-c5ccc6c7ccccc7n(-c7cccc(-c8ccc9oc%10cccnc%10c9c8)n7)c6c5)ccc43)cc(-c3ccccc3)n2)cc1. The predicted octanol–water partition coefficient (Wildman–Crippen LogP) is 14.6. The molecule has 7 aromatic carbocycles. The lowest BCUT2D eigenvalue weighted by atomic mass is 10.0. The van der Waals surface area contributed by atoms with Crippen LogP contribution in [0.25, 0.3) is 122 Å². The Labute approximate surface area is 361 Å². The van der Waals surface area contributed by atoms with Crippen molar-refractivity contribution in [2.75, 3.05) is 0 Å². The van der Waals surface area contributed by atoms with Gasteiger partial charge in [-0.25, -0.2) is 9.97 Å². The van der Waals surface area contributed by atoms with E-state index < -0.39 is 0 Å². The first kappa shape index (κ1) is 35.2. The summed E-state index contributed by atoms with van der Waals surface area (Å²) in [5.74, 6) is 0.853. The Morgan fingerprint density at radius 2 is 0.952 bits per heavy atom. The van der Waals surface area contributed by atoms with Gasteiger partial charge in [0, 0.05) is 49.8 Å². The summed E-state index contributed by atoms with van der Waals surface area (Å²) in [6, 6.07) is 72.7. The zero-order valence-electron chi connectivity index (χ0n) is 33.9. The molecule has 0 saturated heterocycles. The van der Waals surface area contributed by atoms with E-state index in [-0.39, 0.29) is 0 Å². The first-order valence-electron chi connectivity index (χ1n) is 21.2. The standard InChI is InChI=1S/C57H35N5O/c1-3-13-36(14-4-1)48-34-41(35-49(59-48)37-15-5-2-6-16-37)61-50-20-9-8-18-43(50)45-31-38(25-28-52(45)61)39-24-27-44-42-17-7-10-21-51(42)62(53(44)33-39)56-23-11-19-47(60-56)40-26-29-54-46(32-40)57-55(63-54)22-12-30-58-57/h1-35H. The summed E-state index contributed by atoms with van der Waals surface area (Å²) < 4.78 is 10.8. The Morgan fingerprint density at radius 1 is 0.333 bits per heavy atom. The Hall–Kier alpha value is -8.61. The van der Waals surface area contributed by atoms with Crippen LogP contribution >= 0.6 is 0 Å². The Balaban J connectivity index is 0.961. The van der Waals surface area contributed by atoms with E-state index in [4.69, 9.17) is 14.4 Å². The van der Waals surface area contributed by atoms with Gasteiger partial charge in [-0.15, -0.1) is 0 Å². The quantitative estimate of drug-likeness (QED) is 0.168. The van der Waals surface area contributed by atoms with Crippen molar-refractivity contribution in [1.82, 2.24) is 24.1 Å². The van der Waals surface area contributed by atoms with E-state index >= 15 is 0 Å².